The maximum absolute atomic E-state index is 12.1. The van der Waals surface area contributed by atoms with Gasteiger partial charge in [0, 0.05) is 30.1 Å². The van der Waals surface area contributed by atoms with Gasteiger partial charge in [0.25, 0.3) is 11.8 Å². The fourth-order valence-corrected chi connectivity index (χ4v) is 3.07. The largest absolute Gasteiger partial charge is 0.491 e. The predicted molar refractivity (Wildman–Crippen MR) is 119 cm³/mol. The first-order valence-electron chi connectivity index (χ1n) is 10.1. The number of ether oxygens (including phenoxy) is 2. The third-order valence-electron chi connectivity index (χ3n) is 4.65. The van der Waals surface area contributed by atoms with Crippen LogP contribution in [0.1, 0.15) is 23.8 Å². The zero-order valence-corrected chi connectivity index (χ0v) is 18.0. The summed E-state index contributed by atoms with van der Waals surface area (Å²) in [6, 6.07) is 10.8. The van der Waals surface area contributed by atoms with Crippen molar-refractivity contribution in [2.75, 3.05) is 26.1 Å². The molecule has 0 atom stereocenters. The lowest BCUT2D eigenvalue weighted by Gasteiger charge is -2.08. The molecule has 0 bridgehead atoms. The van der Waals surface area contributed by atoms with Crippen LogP contribution in [0.3, 0.4) is 0 Å². The number of amides is 1. The third kappa shape index (κ3) is 4.43. The molecular formula is C22H23N7O3. The zero-order chi connectivity index (χ0) is 22.5. The molecule has 0 aliphatic rings. The predicted octanol–water partition coefficient (Wildman–Crippen LogP) is 3.09. The number of aromatic nitrogens is 5. The summed E-state index contributed by atoms with van der Waals surface area (Å²) in [5, 5.41) is 10.3. The highest BCUT2D eigenvalue weighted by molar-refractivity contribution is 5.92. The van der Waals surface area contributed by atoms with Crippen molar-refractivity contribution in [3.05, 3.63) is 54.5 Å². The van der Waals surface area contributed by atoms with Gasteiger partial charge in [-0.3, -0.25) is 4.79 Å². The number of pyridine rings is 3. The Balaban J connectivity index is 1.57. The second-order valence-corrected chi connectivity index (χ2v) is 6.88. The first kappa shape index (κ1) is 21.0. The van der Waals surface area contributed by atoms with Gasteiger partial charge in [-0.25, -0.2) is 14.5 Å². The number of rotatable bonds is 8. The Morgan fingerprint density at radius 1 is 1.09 bits per heavy atom. The highest BCUT2D eigenvalue weighted by Gasteiger charge is 2.11. The molecule has 0 fully saturated rings. The lowest BCUT2D eigenvalue weighted by molar-refractivity contribution is 0.0949. The minimum Gasteiger partial charge on any atom is -0.491 e. The SMILES string of the molecule is CCCNC(=O)c1cccc(Nc2nc3ccc(-c4cnc(OC)c(OC)c4)cn3n2)n1. The van der Waals surface area contributed by atoms with Crippen LogP contribution >= 0.6 is 0 Å². The molecule has 2 N–H and O–H groups in total. The Morgan fingerprint density at radius 2 is 1.97 bits per heavy atom. The van der Waals surface area contributed by atoms with Crippen molar-refractivity contribution >= 4 is 23.3 Å². The molecule has 0 saturated carbocycles. The van der Waals surface area contributed by atoms with Crippen LogP contribution in [-0.2, 0) is 0 Å². The van der Waals surface area contributed by atoms with Crippen LogP contribution in [0.15, 0.2) is 48.8 Å². The maximum atomic E-state index is 12.1. The number of hydrogen-bond acceptors (Lipinski definition) is 8. The number of nitrogens with zero attached hydrogens (tertiary/aromatic N) is 5. The molecule has 0 unspecified atom stereocenters. The molecule has 4 aromatic rings. The Bertz CT molecular complexity index is 1260. The quantitative estimate of drug-likeness (QED) is 0.436. The van der Waals surface area contributed by atoms with E-state index in [1.54, 1.807) is 43.1 Å². The summed E-state index contributed by atoms with van der Waals surface area (Å²) in [6.45, 7) is 2.60. The second-order valence-electron chi connectivity index (χ2n) is 6.88. The van der Waals surface area contributed by atoms with E-state index in [4.69, 9.17) is 9.47 Å². The van der Waals surface area contributed by atoms with E-state index in [1.165, 1.54) is 0 Å². The first-order valence-corrected chi connectivity index (χ1v) is 10.1. The van der Waals surface area contributed by atoms with Crippen LogP contribution in [0.4, 0.5) is 11.8 Å². The molecule has 0 aromatic carbocycles. The van der Waals surface area contributed by atoms with E-state index in [-0.39, 0.29) is 5.91 Å². The van der Waals surface area contributed by atoms with Crippen molar-refractivity contribution in [3.8, 4) is 22.8 Å². The van der Waals surface area contributed by atoms with Gasteiger partial charge in [0.2, 0.25) is 5.95 Å². The normalized spacial score (nSPS) is 10.7. The smallest absolute Gasteiger partial charge is 0.269 e. The fraction of sp³-hybridized carbons (Fsp3) is 0.227. The van der Waals surface area contributed by atoms with Gasteiger partial charge in [-0.05, 0) is 36.8 Å². The summed E-state index contributed by atoms with van der Waals surface area (Å²) in [5.41, 5.74) is 2.72. The highest BCUT2D eigenvalue weighted by Crippen LogP contribution is 2.30. The number of fused-ring (bicyclic) bond motifs is 1. The van der Waals surface area contributed by atoms with E-state index in [0.717, 1.165) is 17.5 Å². The number of hydrogen-bond donors (Lipinski definition) is 2. The van der Waals surface area contributed by atoms with E-state index in [0.29, 0.717) is 41.3 Å². The lowest BCUT2D eigenvalue weighted by Crippen LogP contribution is -2.25. The van der Waals surface area contributed by atoms with Crippen molar-refractivity contribution in [3.63, 3.8) is 0 Å². The van der Waals surface area contributed by atoms with Crippen molar-refractivity contribution in [1.29, 1.82) is 0 Å². The number of nitrogens with one attached hydrogen (secondary N) is 2. The molecule has 0 aliphatic carbocycles. The van der Waals surface area contributed by atoms with Gasteiger partial charge in [0.05, 0.1) is 14.2 Å². The number of anilines is 2. The average Bonchev–Trinajstić information content (AvgIpc) is 3.23. The molecule has 0 aliphatic heterocycles. The summed E-state index contributed by atoms with van der Waals surface area (Å²) in [4.78, 5) is 25.2. The molecule has 4 aromatic heterocycles. The van der Waals surface area contributed by atoms with Gasteiger partial charge in [0.1, 0.15) is 11.5 Å². The first-order chi connectivity index (χ1) is 15.6. The van der Waals surface area contributed by atoms with Crippen LogP contribution in [0.5, 0.6) is 11.6 Å². The number of methoxy groups -OCH3 is 2. The standard InChI is InChI=1S/C22H23N7O3/c1-4-10-23-20(30)16-6-5-7-18(25-16)26-22-27-19-9-8-14(13-29(19)28-22)15-11-17(31-2)21(32-3)24-12-15/h5-9,11-13H,4,10H2,1-3H3,(H,23,30)(H,25,26,28). The van der Waals surface area contributed by atoms with Crippen molar-refractivity contribution in [2.24, 2.45) is 0 Å². The molecule has 10 nitrogen and oxygen atoms in total. The molecule has 1 amide bonds. The Kier molecular flexibility index (Phi) is 6.11. The van der Waals surface area contributed by atoms with Crippen molar-refractivity contribution in [1.82, 2.24) is 29.9 Å². The van der Waals surface area contributed by atoms with Gasteiger partial charge in [0.15, 0.2) is 11.4 Å². The minimum absolute atomic E-state index is 0.216. The summed E-state index contributed by atoms with van der Waals surface area (Å²) in [5.74, 6) is 1.59. The van der Waals surface area contributed by atoms with Crippen LogP contribution in [0.25, 0.3) is 16.8 Å². The molecule has 10 heteroatoms. The van der Waals surface area contributed by atoms with Gasteiger partial charge < -0.3 is 20.1 Å². The average molecular weight is 433 g/mol. The Morgan fingerprint density at radius 3 is 2.75 bits per heavy atom. The monoisotopic (exact) mass is 433 g/mol. The topological polar surface area (TPSA) is 116 Å². The zero-order valence-electron chi connectivity index (χ0n) is 18.0. The van der Waals surface area contributed by atoms with Crippen molar-refractivity contribution in [2.45, 2.75) is 13.3 Å². The summed E-state index contributed by atoms with van der Waals surface area (Å²) >= 11 is 0. The number of carbonyl (C=O) groups excluding carboxylic acids is 1. The molecular weight excluding hydrogens is 410 g/mol. The van der Waals surface area contributed by atoms with E-state index in [9.17, 15) is 4.79 Å². The lowest BCUT2D eigenvalue weighted by atomic mass is 10.1. The molecule has 32 heavy (non-hydrogen) atoms. The maximum Gasteiger partial charge on any atom is 0.269 e. The van der Waals surface area contributed by atoms with Crippen LogP contribution < -0.4 is 20.1 Å². The van der Waals surface area contributed by atoms with Gasteiger partial charge >= 0.3 is 0 Å². The minimum atomic E-state index is -0.216. The van der Waals surface area contributed by atoms with Crippen LogP contribution in [0, 0.1) is 0 Å². The van der Waals surface area contributed by atoms with Gasteiger partial charge in [-0.15, -0.1) is 5.10 Å². The highest BCUT2D eigenvalue weighted by atomic mass is 16.5. The Labute approximate surface area is 184 Å². The second kappa shape index (κ2) is 9.29. The van der Waals surface area contributed by atoms with E-state index >= 15 is 0 Å². The van der Waals surface area contributed by atoms with E-state index < -0.39 is 0 Å². The van der Waals surface area contributed by atoms with E-state index in [1.807, 2.05) is 31.3 Å². The van der Waals surface area contributed by atoms with Gasteiger partial charge in [-0.1, -0.05) is 13.0 Å². The van der Waals surface area contributed by atoms with Gasteiger partial charge in [-0.2, -0.15) is 4.98 Å². The summed E-state index contributed by atoms with van der Waals surface area (Å²) in [6.07, 6.45) is 4.41. The Hall–Kier alpha value is -4.21. The van der Waals surface area contributed by atoms with Crippen LogP contribution in [-0.4, -0.2) is 51.2 Å². The molecule has 4 heterocycles. The van der Waals surface area contributed by atoms with E-state index in [2.05, 4.69) is 30.7 Å². The summed E-state index contributed by atoms with van der Waals surface area (Å²) in [7, 11) is 3.11. The third-order valence-corrected chi connectivity index (χ3v) is 4.65. The number of carbonyl (C=O) groups is 1. The fourth-order valence-electron chi connectivity index (χ4n) is 3.07. The molecule has 0 spiro atoms. The molecule has 0 radical (unpaired) electrons. The molecule has 0 saturated heterocycles. The molecule has 164 valence electrons. The van der Waals surface area contributed by atoms with Crippen molar-refractivity contribution < 1.29 is 14.3 Å². The van der Waals surface area contributed by atoms with Crippen LogP contribution in [0.2, 0.25) is 0 Å². The molecule has 4 rings (SSSR count). The summed E-state index contributed by atoms with van der Waals surface area (Å²) < 4.78 is 12.2.